The number of hydrogen-bond acceptors (Lipinski definition) is 6. The van der Waals surface area contributed by atoms with E-state index >= 15 is 0 Å². The number of methoxy groups -OCH3 is 1. The third-order valence-corrected chi connectivity index (χ3v) is 6.93. The lowest BCUT2D eigenvalue weighted by molar-refractivity contribution is 0.101. The molecule has 37 heavy (non-hydrogen) atoms. The number of rotatable bonds is 10. The average Bonchev–Trinajstić information content (AvgIpc) is 3.19. The van der Waals surface area contributed by atoms with Crippen molar-refractivity contribution in [3.05, 3.63) is 87.6 Å². The summed E-state index contributed by atoms with van der Waals surface area (Å²) in [5.41, 5.74) is 3.62. The van der Waals surface area contributed by atoms with Crippen LogP contribution >= 0.6 is 23.2 Å². The van der Waals surface area contributed by atoms with Crippen LogP contribution in [-0.2, 0) is 21.3 Å². The molecule has 194 valence electrons. The van der Waals surface area contributed by atoms with E-state index in [4.69, 9.17) is 32.4 Å². The molecule has 0 atom stereocenters. The quantitative estimate of drug-likeness (QED) is 0.236. The van der Waals surface area contributed by atoms with Crippen molar-refractivity contribution in [2.24, 2.45) is 0 Å². The van der Waals surface area contributed by atoms with Crippen molar-refractivity contribution in [2.75, 3.05) is 38.3 Å². The standard InChI is InChI=1S/C27H26Cl2N2O5S/c1-31(11-12-35-2)16-23-21-9-7-18(17-5-4-6-20(13-17)30-37(3,33)34)14-25(21)36-27(23)26(32)22-10-8-19(28)15-24(22)29/h4-10,13-15,30H,11-12,16H2,1-3H3. The normalized spacial score (nSPS) is 11.8. The fraction of sp³-hybridized carbons (Fsp3) is 0.222. The van der Waals surface area contributed by atoms with Crippen LogP contribution in [0.15, 0.2) is 65.1 Å². The van der Waals surface area contributed by atoms with Crippen molar-refractivity contribution in [2.45, 2.75) is 6.54 Å². The van der Waals surface area contributed by atoms with Gasteiger partial charge in [-0.1, -0.05) is 47.5 Å². The molecule has 0 fully saturated rings. The summed E-state index contributed by atoms with van der Waals surface area (Å²) in [6.07, 6.45) is 1.10. The molecule has 0 radical (unpaired) electrons. The highest BCUT2D eigenvalue weighted by Crippen LogP contribution is 2.34. The third kappa shape index (κ3) is 6.52. The number of ether oxygens (including phenoxy) is 1. The van der Waals surface area contributed by atoms with Gasteiger partial charge >= 0.3 is 0 Å². The van der Waals surface area contributed by atoms with Gasteiger partial charge in [0.25, 0.3) is 0 Å². The summed E-state index contributed by atoms with van der Waals surface area (Å²) >= 11 is 12.4. The minimum absolute atomic E-state index is 0.202. The zero-order chi connectivity index (χ0) is 26.7. The van der Waals surface area contributed by atoms with Crippen molar-refractivity contribution < 1.29 is 22.4 Å². The highest BCUT2D eigenvalue weighted by atomic mass is 35.5. The first-order chi connectivity index (χ1) is 17.6. The number of carbonyl (C=O) groups excluding carboxylic acids is 1. The molecule has 3 aromatic carbocycles. The first-order valence-electron chi connectivity index (χ1n) is 11.4. The molecular formula is C27H26Cl2N2O5S. The Labute approximate surface area is 226 Å². The summed E-state index contributed by atoms with van der Waals surface area (Å²) in [4.78, 5) is 15.6. The van der Waals surface area contributed by atoms with Crippen LogP contribution in [0.1, 0.15) is 21.7 Å². The summed E-state index contributed by atoms with van der Waals surface area (Å²) in [5, 5.41) is 1.47. The molecule has 0 aliphatic carbocycles. The van der Waals surface area contributed by atoms with Crippen LogP contribution in [0.4, 0.5) is 5.69 Å². The van der Waals surface area contributed by atoms with Gasteiger partial charge in [-0.3, -0.25) is 14.4 Å². The predicted molar refractivity (Wildman–Crippen MR) is 148 cm³/mol. The summed E-state index contributed by atoms with van der Waals surface area (Å²) in [5.74, 6) is -0.137. The maximum atomic E-state index is 13.6. The number of halogens is 2. The lowest BCUT2D eigenvalue weighted by Gasteiger charge is -2.16. The molecule has 4 rings (SSSR count). The first-order valence-corrected chi connectivity index (χ1v) is 14.0. The fourth-order valence-electron chi connectivity index (χ4n) is 4.04. The van der Waals surface area contributed by atoms with Gasteiger partial charge in [0, 0.05) is 47.4 Å². The molecule has 0 saturated carbocycles. The van der Waals surface area contributed by atoms with Crippen molar-refractivity contribution in [3.8, 4) is 11.1 Å². The number of benzene rings is 3. The van der Waals surface area contributed by atoms with E-state index in [2.05, 4.69) is 4.72 Å². The van der Waals surface area contributed by atoms with E-state index in [9.17, 15) is 13.2 Å². The first kappa shape index (κ1) is 27.2. The second-order valence-corrected chi connectivity index (χ2v) is 11.4. The summed E-state index contributed by atoms with van der Waals surface area (Å²) in [7, 11) is 0.168. The maximum absolute atomic E-state index is 13.6. The highest BCUT2D eigenvalue weighted by molar-refractivity contribution is 7.92. The van der Waals surface area contributed by atoms with E-state index in [0.29, 0.717) is 41.6 Å². The van der Waals surface area contributed by atoms with Crippen LogP contribution in [0.25, 0.3) is 22.1 Å². The number of likely N-dealkylation sites (N-methyl/N-ethyl adjacent to an activating group) is 1. The monoisotopic (exact) mass is 560 g/mol. The Morgan fingerprint density at radius 3 is 2.51 bits per heavy atom. The van der Waals surface area contributed by atoms with E-state index < -0.39 is 10.0 Å². The Hall–Kier alpha value is -2.88. The largest absolute Gasteiger partial charge is 0.452 e. The van der Waals surface area contributed by atoms with Gasteiger partial charge in [-0.25, -0.2) is 8.42 Å². The van der Waals surface area contributed by atoms with E-state index in [1.807, 2.05) is 36.2 Å². The fourth-order valence-corrected chi connectivity index (χ4v) is 5.09. The molecule has 1 N–H and O–H groups in total. The van der Waals surface area contributed by atoms with E-state index in [-0.39, 0.29) is 16.6 Å². The zero-order valence-corrected chi connectivity index (χ0v) is 22.9. The molecule has 10 heteroatoms. The van der Waals surface area contributed by atoms with Gasteiger partial charge in [0.15, 0.2) is 5.76 Å². The average molecular weight is 561 g/mol. The Kier molecular flexibility index (Phi) is 8.26. The molecule has 0 aliphatic heterocycles. The number of sulfonamides is 1. The van der Waals surface area contributed by atoms with E-state index in [1.165, 1.54) is 6.07 Å². The van der Waals surface area contributed by atoms with Crippen LogP contribution < -0.4 is 4.72 Å². The van der Waals surface area contributed by atoms with Gasteiger partial charge in [-0.15, -0.1) is 0 Å². The van der Waals surface area contributed by atoms with Gasteiger partial charge in [-0.2, -0.15) is 0 Å². The predicted octanol–water partition coefficient (Wildman–Crippen LogP) is 6.09. The molecule has 1 heterocycles. The van der Waals surface area contributed by atoms with Crippen LogP contribution in [0.3, 0.4) is 0 Å². The minimum atomic E-state index is -3.41. The molecule has 4 aromatic rings. The molecular weight excluding hydrogens is 535 g/mol. The molecule has 0 unspecified atom stereocenters. The van der Waals surface area contributed by atoms with E-state index in [0.717, 1.165) is 28.3 Å². The number of hydrogen-bond donors (Lipinski definition) is 1. The maximum Gasteiger partial charge on any atom is 0.230 e. The van der Waals surface area contributed by atoms with Gasteiger partial charge < -0.3 is 9.15 Å². The number of furan rings is 1. The van der Waals surface area contributed by atoms with Crippen molar-refractivity contribution in [1.82, 2.24) is 4.90 Å². The van der Waals surface area contributed by atoms with Gasteiger partial charge in [0.2, 0.25) is 15.8 Å². The van der Waals surface area contributed by atoms with Crippen LogP contribution in [-0.4, -0.2) is 52.7 Å². The smallest absolute Gasteiger partial charge is 0.230 e. The molecule has 0 amide bonds. The second-order valence-electron chi connectivity index (χ2n) is 8.76. The number of ketones is 1. The minimum Gasteiger partial charge on any atom is -0.452 e. The second kappa shape index (κ2) is 11.2. The number of nitrogens with one attached hydrogen (secondary N) is 1. The molecule has 1 aromatic heterocycles. The lowest BCUT2D eigenvalue weighted by Crippen LogP contribution is -2.23. The topological polar surface area (TPSA) is 88.8 Å². The van der Waals surface area contributed by atoms with Crippen LogP contribution in [0.5, 0.6) is 0 Å². The van der Waals surface area contributed by atoms with Gasteiger partial charge in [-0.05, 0) is 54.6 Å². The van der Waals surface area contributed by atoms with Gasteiger partial charge in [0.05, 0.1) is 17.9 Å². The van der Waals surface area contributed by atoms with Crippen LogP contribution in [0.2, 0.25) is 10.0 Å². The summed E-state index contributed by atoms with van der Waals surface area (Å²) < 4.78 is 37.2. The molecule has 0 spiro atoms. The highest BCUT2D eigenvalue weighted by Gasteiger charge is 2.25. The van der Waals surface area contributed by atoms with Crippen LogP contribution in [0, 0.1) is 0 Å². The lowest BCUT2D eigenvalue weighted by atomic mass is 10.0. The summed E-state index contributed by atoms with van der Waals surface area (Å²) in [6.45, 7) is 1.66. The number of nitrogens with zero attached hydrogens (tertiary/aromatic N) is 1. The summed E-state index contributed by atoms with van der Waals surface area (Å²) in [6, 6.07) is 17.4. The molecule has 0 saturated heterocycles. The molecule has 0 bridgehead atoms. The number of fused-ring (bicyclic) bond motifs is 1. The Balaban J connectivity index is 1.79. The van der Waals surface area contributed by atoms with Crippen molar-refractivity contribution in [3.63, 3.8) is 0 Å². The molecule has 7 nitrogen and oxygen atoms in total. The Morgan fingerprint density at radius 1 is 1.05 bits per heavy atom. The SMILES string of the molecule is COCCN(C)Cc1c(C(=O)c2ccc(Cl)cc2Cl)oc2cc(-c3cccc(NS(C)(=O)=O)c3)ccc12. The Morgan fingerprint density at radius 2 is 1.81 bits per heavy atom. The number of carbonyl (C=O) groups is 1. The molecule has 0 aliphatic rings. The van der Waals surface area contributed by atoms with Crippen molar-refractivity contribution in [1.29, 1.82) is 0 Å². The Bertz CT molecular complexity index is 1570. The number of anilines is 1. The van der Waals surface area contributed by atoms with E-state index in [1.54, 1.807) is 37.4 Å². The third-order valence-electron chi connectivity index (χ3n) is 5.78. The van der Waals surface area contributed by atoms with Gasteiger partial charge in [0.1, 0.15) is 5.58 Å². The zero-order valence-electron chi connectivity index (χ0n) is 20.5. The van der Waals surface area contributed by atoms with Crippen molar-refractivity contribution >= 4 is 55.7 Å².